The van der Waals surface area contributed by atoms with Crippen molar-refractivity contribution in [2.75, 3.05) is 58.0 Å². The third kappa shape index (κ3) is 10.6. The van der Waals surface area contributed by atoms with Crippen molar-refractivity contribution in [1.29, 1.82) is 0 Å². The van der Waals surface area contributed by atoms with E-state index in [2.05, 4.69) is 15.8 Å². The van der Waals surface area contributed by atoms with E-state index in [0.717, 1.165) is 67.9 Å². The first-order valence-corrected chi connectivity index (χ1v) is 17.1. The van der Waals surface area contributed by atoms with Crippen molar-refractivity contribution >= 4 is 23.2 Å². The number of methoxy groups -OCH3 is 1. The minimum absolute atomic E-state index is 0.0459. The fourth-order valence-electron chi connectivity index (χ4n) is 6.49. The summed E-state index contributed by atoms with van der Waals surface area (Å²) < 4.78 is 30.3. The molecule has 0 radical (unpaired) electrons. The summed E-state index contributed by atoms with van der Waals surface area (Å²) in [6.45, 7) is 3.52. The number of likely N-dealkylation sites (tertiary alicyclic amines) is 1. The maximum absolute atomic E-state index is 13.1. The molecule has 13 nitrogen and oxygen atoms in total. The number of benzene rings is 2. The average Bonchev–Trinajstić information content (AvgIpc) is 3.08. The van der Waals surface area contributed by atoms with Gasteiger partial charge in [0, 0.05) is 44.8 Å². The number of piperidine rings is 1. The topological polar surface area (TPSA) is 143 Å². The van der Waals surface area contributed by atoms with Gasteiger partial charge in [-0.15, -0.1) is 0 Å². The molecular weight excluding hydrogens is 646 g/mol. The van der Waals surface area contributed by atoms with Gasteiger partial charge in [0.05, 0.1) is 43.0 Å². The molecule has 3 aliphatic rings. The molecule has 48 heavy (non-hydrogen) atoms. The first kappa shape index (κ1) is 36.6. The number of fused-ring (bicyclic) bond motifs is 1. The zero-order valence-corrected chi connectivity index (χ0v) is 28.2. The Hall–Kier alpha value is -2.72. The number of halogens is 1. The summed E-state index contributed by atoms with van der Waals surface area (Å²) in [5, 5.41) is 29.1. The average molecular weight is 694 g/mol. The van der Waals surface area contributed by atoms with Crippen molar-refractivity contribution in [2.24, 2.45) is 0 Å². The van der Waals surface area contributed by atoms with Gasteiger partial charge in [0.25, 0.3) is 0 Å². The van der Waals surface area contributed by atoms with Crippen LogP contribution in [-0.2, 0) is 30.4 Å². The van der Waals surface area contributed by atoms with Crippen molar-refractivity contribution in [3.8, 4) is 11.5 Å². The Labute approximate surface area is 286 Å². The third-order valence-corrected chi connectivity index (χ3v) is 9.21. The lowest BCUT2D eigenvalue weighted by molar-refractivity contribution is -0.492. The number of hydrogen-bond donors (Lipinski definition) is 3. The predicted octanol–water partition coefficient (Wildman–Crippen LogP) is 4.23. The number of rotatable bonds is 16. The Bertz CT molecular complexity index is 1280. The van der Waals surface area contributed by atoms with E-state index in [1.807, 2.05) is 36.4 Å². The molecule has 5 rings (SSSR count). The van der Waals surface area contributed by atoms with Gasteiger partial charge in [-0.3, -0.25) is 20.0 Å². The van der Waals surface area contributed by atoms with Crippen LogP contribution in [0.2, 0.25) is 5.02 Å². The SMILES string of the molecule is COCCCN1CCOc2ccc(COC3CN(C(=O)CCCON(O)O)CC(O)C3OC3CCC(Oc4ccc(Cl)cc4)CC3)cc21. The zero-order valence-electron chi connectivity index (χ0n) is 27.5. The van der Waals surface area contributed by atoms with Crippen molar-refractivity contribution in [3.05, 3.63) is 53.1 Å². The number of ether oxygens (including phenoxy) is 5. The van der Waals surface area contributed by atoms with Crippen LogP contribution in [0.3, 0.4) is 0 Å². The molecule has 0 bridgehead atoms. The Kier molecular flexibility index (Phi) is 14.0. The van der Waals surface area contributed by atoms with Crippen LogP contribution in [0.5, 0.6) is 11.5 Å². The Balaban J connectivity index is 1.22. The van der Waals surface area contributed by atoms with Crippen molar-refractivity contribution in [2.45, 2.75) is 82.1 Å². The highest BCUT2D eigenvalue weighted by Crippen LogP contribution is 2.34. The molecule has 1 amide bonds. The number of anilines is 1. The molecule has 3 atom stereocenters. The maximum Gasteiger partial charge on any atom is 0.222 e. The van der Waals surface area contributed by atoms with Gasteiger partial charge in [0.15, 0.2) is 0 Å². The zero-order chi connectivity index (χ0) is 33.9. The second-order valence-corrected chi connectivity index (χ2v) is 12.9. The van der Waals surface area contributed by atoms with E-state index in [1.165, 1.54) is 0 Å². The largest absolute Gasteiger partial charge is 0.490 e. The van der Waals surface area contributed by atoms with Crippen LogP contribution in [0.25, 0.3) is 0 Å². The number of aliphatic hydroxyl groups is 1. The minimum atomic E-state index is -0.953. The van der Waals surface area contributed by atoms with E-state index in [1.54, 1.807) is 12.0 Å². The molecule has 266 valence electrons. The number of carbonyl (C=O) groups is 1. The number of nitrogens with zero attached hydrogens (tertiary/aromatic N) is 3. The van der Waals surface area contributed by atoms with Crippen molar-refractivity contribution in [1.82, 2.24) is 10.3 Å². The van der Waals surface area contributed by atoms with Crippen molar-refractivity contribution in [3.63, 3.8) is 0 Å². The van der Waals surface area contributed by atoms with E-state index >= 15 is 0 Å². The number of carbonyl (C=O) groups excluding carboxylic acids is 1. The van der Waals surface area contributed by atoms with Crippen LogP contribution in [0.15, 0.2) is 42.5 Å². The minimum Gasteiger partial charge on any atom is -0.490 e. The van der Waals surface area contributed by atoms with Gasteiger partial charge >= 0.3 is 0 Å². The van der Waals surface area contributed by atoms with Crippen LogP contribution in [0.1, 0.15) is 50.5 Å². The van der Waals surface area contributed by atoms with Gasteiger partial charge < -0.3 is 38.6 Å². The Morgan fingerprint density at radius 2 is 1.79 bits per heavy atom. The van der Waals surface area contributed by atoms with Gasteiger partial charge in [0.2, 0.25) is 5.91 Å². The standard InChI is InChI=1S/C34H48ClN3O10/c1-43-17-3-15-36-16-19-44-31-14-5-24(20-29(31)36)23-45-32-22-37(33(40)4-2-18-46-38(41)42)21-30(39)34(32)48-28-12-10-27(11-13-28)47-26-8-6-25(35)7-9-26/h5-9,14,20,27-28,30,32,34,39,41-42H,2-4,10-13,15-19,21-23H2,1H3. The predicted molar refractivity (Wildman–Crippen MR) is 175 cm³/mol. The van der Waals surface area contributed by atoms with Crippen LogP contribution in [0.4, 0.5) is 5.69 Å². The van der Waals surface area contributed by atoms with Crippen LogP contribution < -0.4 is 14.4 Å². The molecule has 0 spiro atoms. The lowest BCUT2D eigenvalue weighted by atomic mass is 9.93. The van der Waals surface area contributed by atoms with E-state index in [4.69, 9.17) is 45.7 Å². The molecule has 1 saturated heterocycles. The molecule has 3 unspecified atom stereocenters. The fraction of sp³-hybridized carbons (Fsp3) is 0.618. The summed E-state index contributed by atoms with van der Waals surface area (Å²) >= 11 is 6.01. The molecule has 2 fully saturated rings. The lowest BCUT2D eigenvalue weighted by Crippen LogP contribution is -2.59. The number of hydrogen-bond acceptors (Lipinski definition) is 12. The second kappa shape index (κ2) is 18.3. The molecule has 1 saturated carbocycles. The second-order valence-electron chi connectivity index (χ2n) is 12.5. The summed E-state index contributed by atoms with van der Waals surface area (Å²) in [6.07, 6.45) is 2.28. The molecule has 2 aliphatic heterocycles. The molecule has 1 aliphatic carbocycles. The van der Waals surface area contributed by atoms with E-state index in [9.17, 15) is 9.90 Å². The quantitative estimate of drug-likeness (QED) is 0.171. The van der Waals surface area contributed by atoms with Gasteiger partial charge in [-0.2, -0.15) is 0 Å². The number of β-amino-alcohol motifs (C(OH)–C–C–N with tert-alkyl or cyclic N) is 1. The molecule has 2 aromatic rings. The van der Waals surface area contributed by atoms with Gasteiger partial charge in [-0.1, -0.05) is 17.7 Å². The highest BCUT2D eigenvalue weighted by molar-refractivity contribution is 6.30. The molecular formula is C34H48ClN3O10. The Morgan fingerprint density at radius 3 is 2.54 bits per heavy atom. The summed E-state index contributed by atoms with van der Waals surface area (Å²) in [7, 11) is 1.70. The van der Waals surface area contributed by atoms with E-state index < -0.39 is 18.3 Å². The highest BCUT2D eigenvalue weighted by Gasteiger charge is 2.41. The summed E-state index contributed by atoms with van der Waals surface area (Å²) in [4.78, 5) is 21.5. The fourth-order valence-corrected chi connectivity index (χ4v) is 6.61. The molecule has 0 aromatic heterocycles. The molecule has 2 heterocycles. The molecule has 3 N–H and O–H groups in total. The maximum atomic E-state index is 13.1. The van der Waals surface area contributed by atoms with Gasteiger partial charge in [-0.25, -0.2) is 0 Å². The third-order valence-electron chi connectivity index (χ3n) is 8.96. The normalized spacial score (nSPS) is 24.3. The number of amides is 1. The Morgan fingerprint density at radius 1 is 1.02 bits per heavy atom. The molecule has 2 aromatic carbocycles. The highest BCUT2D eigenvalue weighted by atomic mass is 35.5. The van der Waals surface area contributed by atoms with Gasteiger partial charge in [0.1, 0.15) is 36.4 Å². The van der Waals surface area contributed by atoms with Crippen LogP contribution >= 0.6 is 11.6 Å². The van der Waals surface area contributed by atoms with E-state index in [-0.39, 0.29) is 62.6 Å². The monoisotopic (exact) mass is 693 g/mol. The summed E-state index contributed by atoms with van der Waals surface area (Å²) in [5.41, 5.74) is 1.96. The number of aliphatic hydroxyl groups excluding tert-OH is 1. The summed E-state index contributed by atoms with van der Waals surface area (Å²) in [6, 6.07) is 13.4. The van der Waals surface area contributed by atoms with E-state index in [0.29, 0.717) is 18.2 Å². The first-order valence-electron chi connectivity index (χ1n) is 16.7. The van der Waals surface area contributed by atoms with Gasteiger partial charge in [-0.05, 0) is 80.5 Å². The first-order chi connectivity index (χ1) is 23.3. The van der Waals surface area contributed by atoms with Crippen LogP contribution in [0, 0.1) is 0 Å². The smallest absolute Gasteiger partial charge is 0.222 e. The summed E-state index contributed by atoms with van der Waals surface area (Å²) in [5.74, 6) is 1.43. The molecule has 14 heteroatoms. The lowest BCUT2D eigenvalue weighted by Gasteiger charge is -2.43. The van der Waals surface area contributed by atoms with Crippen LogP contribution in [-0.4, -0.2) is 115 Å². The van der Waals surface area contributed by atoms with Crippen molar-refractivity contribution < 1.29 is 48.8 Å².